The Bertz CT molecular complexity index is 388. The molecule has 0 spiro atoms. The lowest BCUT2D eigenvalue weighted by molar-refractivity contribution is -0.0999. The third kappa shape index (κ3) is 4.96. The zero-order valence-corrected chi connectivity index (χ0v) is 10.3. The third-order valence-corrected chi connectivity index (χ3v) is 2.82. The van der Waals surface area contributed by atoms with Crippen LogP contribution >= 0.6 is 0 Å². The number of hydrogen-bond donors (Lipinski definition) is 3. The monoisotopic (exact) mass is 275 g/mol. The van der Waals surface area contributed by atoms with Crippen molar-refractivity contribution >= 4 is 5.69 Å². The molecule has 106 valence electrons. The van der Waals surface area contributed by atoms with Gasteiger partial charge in [-0.15, -0.1) is 0 Å². The van der Waals surface area contributed by atoms with E-state index in [4.69, 9.17) is 4.84 Å². The van der Waals surface area contributed by atoms with Crippen molar-refractivity contribution in [3.8, 4) is 5.75 Å². The van der Waals surface area contributed by atoms with Crippen molar-refractivity contribution in [3.63, 3.8) is 0 Å². The van der Waals surface area contributed by atoms with E-state index in [1.807, 2.05) is 0 Å². The Labute approximate surface area is 109 Å². The minimum Gasteiger partial charge on any atom is -0.408 e. The first-order valence-electron chi connectivity index (χ1n) is 6.11. The van der Waals surface area contributed by atoms with Crippen LogP contribution in [0.2, 0.25) is 0 Å². The quantitative estimate of drug-likeness (QED) is 0.582. The van der Waals surface area contributed by atoms with E-state index >= 15 is 0 Å². The Morgan fingerprint density at radius 3 is 2.32 bits per heavy atom. The van der Waals surface area contributed by atoms with E-state index in [2.05, 4.69) is 10.8 Å². The maximum Gasteiger partial charge on any atom is 0.482 e. The largest absolute Gasteiger partial charge is 0.482 e. The number of nitrogens with one attached hydrogen (secondary N) is 3. The maximum atomic E-state index is 12.1. The van der Waals surface area contributed by atoms with Gasteiger partial charge in [-0.2, -0.15) is 18.7 Å². The lowest BCUT2D eigenvalue weighted by Crippen LogP contribution is -2.41. The second-order valence-electron chi connectivity index (χ2n) is 4.39. The summed E-state index contributed by atoms with van der Waals surface area (Å²) in [6, 6.07) is 5.90. The standard InChI is InChI=1S/C12H16F3N3O/c13-12(14,15)17-9-1-3-11(4-2-9)19-18-10-5-7-16-8-6-10/h1-4,10,16-18H,5-8H2. The number of piperidine rings is 1. The van der Waals surface area contributed by atoms with Gasteiger partial charge in [-0.05, 0) is 50.2 Å². The predicted octanol–water partition coefficient (Wildman–Crippen LogP) is 2.25. The van der Waals surface area contributed by atoms with Gasteiger partial charge in [0, 0.05) is 11.7 Å². The number of hydroxylamine groups is 1. The van der Waals surface area contributed by atoms with Crippen LogP contribution in [-0.4, -0.2) is 25.4 Å². The van der Waals surface area contributed by atoms with Crippen LogP contribution in [0.15, 0.2) is 24.3 Å². The Balaban J connectivity index is 1.81. The van der Waals surface area contributed by atoms with Gasteiger partial charge in [0.2, 0.25) is 0 Å². The molecule has 1 aromatic rings. The van der Waals surface area contributed by atoms with Crippen LogP contribution in [0, 0.1) is 0 Å². The smallest absolute Gasteiger partial charge is 0.408 e. The van der Waals surface area contributed by atoms with Crippen LogP contribution in [-0.2, 0) is 0 Å². The lowest BCUT2D eigenvalue weighted by atomic mass is 10.1. The minimum absolute atomic E-state index is 0.0123. The fourth-order valence-corrected chi connectivity index (χ4v) is 1.86. The minimum atomic E-state index is -4.42. The molecule has 0 aromatic heterocycles. The number of benzene rings is 1. The van der Waals surface area contributed by atoms with E-state index in [0.717, 1.165) is 25.9 Å². The molecule has 0 bridgehead atoms. The number of anilines is 1. The Morgan fingerprint density at radius 2 is 1.74 bits per heavy atom. The van der Waals surface area contributed by atoms with Gasteiger partial charge in [0.15, 0.2) is 0 Å². The molecule has 1 saturated heterocycles. The van der Waals surface area contributed by atoms with Crippen LogP contribution in [0.25, 0.3) is 0 Å². The second-order valence-corrected chi connectivity index (χ2v) is 4.39. The molecule has 3 N–H and O–H groups in total. The molecular formula is C12H16F3N3O. The molecule has 0 saturated carbocycles. The molecule has 1 heterocycles. The van der Waals surface area contributed by atoms with Crippen molar-refractivity contribution in [1.29, 1.82) is 0 Å². The first kappa shape index (κ1) is 14.0. The van der Waals surface area contributed by atoms with E-state index in [0.29, 0.717) is 5.75 Å². The lowest BCUT2D eigenvalue weighted by Gasteiger charge is -2.23. The summed E-state index contributed by atoms with van der Waals surface area (Å²) in [7, 11) is 0. The van der Waals surface area contributed by atoms with Crippen LogP contribution in [0.5, 0.6) is 5.75 Å². The van der Waals surface area contributed by atoms with Crippen LogP contribution in [0.4, 0.5) is 18.9 Å². The summed E-state index contributed by atoms with van der Waals surface area (Å²) in [5.41, 5.74) is 2.91. The first-order chi connectivity index (χ1) is 9.03. The van der Waals surface area contributed by atoms with E-state index in [-0.39, 0.29) is 11.7 Å². The first-order valence-corrected chi connectivity index (χ1v) is 6.11. The number of rotatable bonds is 4. The predicted molar refractivity (Wildman–Crippen MR) is 65.8 cm³/mol. The van der Waals surface area contributed by atoms with Gasteiger partial charge < -0.3 is 10.2 Å². The van der Waals surface area contributed by atoms with E-state index in [1.165, 1.54) is 29.6 Å². The number of hydrogen-bond acceptors (Lipinski definition) is 4. The summed E-state index contributed by atoms with van der Waals surface area (Å²) < 4.78 is 36.2. The number of alkyl halides is 3. The average Bonchev–Trinajstić information content (AvgIpc) is 2.37. The Morgan fingerprint density at radius 1 is 1.11 bits per heavy atom. The van der Waals surface area contributed by atoms with Crippen molar-refractivity contribution in [2.24, 2.45) is 0 Å². The van der Waals surface area contributed by atoms with Gasteiger partial charge in [0.1, 0.15) is 5.75 Å². The van der Waals surface area contributed by atoms with E-state index < -0.39 is 6.30 Å². The normalized spacial score (nSPS) is 17.2. The summed E-state index contributed by atoms with van der Waals surface area (Å²) in [5.74, 6) is 0.492. The van der Waals surface area contributed by atoms with Crippen molar-refractivity contribution in [1.82, 2.24) is 10.8 Å². The highest BCUT2D eigenvalue weighted by atomic mass is 19.4. The molecule has 0 radical (unpaired) electrons. The topological polar surface area (TPSA) is 45.3 Å². The molecule has 19 heavy (non-hydrogen) atoms. The van der Waals surface area contributed by atoms with Gasteiger partial charge in [-0.25, -0.2) is 0 Å². The van der Waals surface area contributed by atoms with Gasteiger partial charge in [-0.1, -0.05) is 0 Å². The fourth-order valence-electron chi connectivity index (χ4n) is 1.86. The SMILES string of the molecule is FC(F)(F)Nc1ccc(ONC2CCNCC2)cc1. The molecule has 1 aliphatic heterocycles. The molecule has 0 unspecified atom stereocenters. The Kier molecular flexibility index (Phi) is 4.49. The highest BCUT2D eigenvalue weighted by Crippen LogP contribution is 2.22. The molecule has 7 heteroatoms. The molecular weight excluding hydrogens is 259 g/mol. The van der Waals surface area contributed by atoms with Crippen LogP contribution < -0.4 is 21.0 Å². The molecule has 0 aliphatic carbocycles. The van der Waals surface area contributed by atoms with Gasteiger partial charge >= 0.3 is 6.30 Å². The second kappa shape index (κ2) is 6.12. The third-order valence-electron chi connectivity index (χ3n) is 2.82. The molecule has 1 aliphatic rings. The van der Waals surface area contributed by atoms with Crippen molar-refractivity contribution in [3.05, 3.63) is 24.3 Å². The Hall–Kier alpha value is -1.47. The zero-order chi connectivity index (χ0) is 13.7. The van der Waals surface area contributed by atoms with Gasteiger partial charge in [0.05, 0.1) is 0 Å². The summed E-state index contributed by atoms with van der Waals surface area (Å²) in [6.45, 7) is 1.88. The fraction of sp³-hybridized carbons (Fsp3) is 0.500. The van der Waals surface area contributed by atoms with E-state index in [1.54, 1.807) is 0 Å². The summed E-state index contributed by atoms with van der Waals surface area (Å²) >= 11 is 0. The maximum absolute atomic E-state index is 12.1. The molecule has 4 nitrogen and oxygen atoms in total. The molecule has 1 fully saturated rings. The zero-order valence-electron chi connectivity index (χ0n) is 10.3. The summed E-state index contributed by atoms with van der Waals surface area (Å²) in [5, 5.41) is 4.66. The molecule has 0 amide bonds. The average molecular weight is 275 g/mol. The van der Waals surface area contributed by atoms with Gasteiger partial charge in [-0.3, -0.25) is 5.32 Å². The van der Waals surface area contributed by atoms with Crippen LogP contribution in [0.1, 0.15) is 12.8 Å². The molecule has 1 aromatic carbocycles. The number of halogens is 3. The highest BCUT2D eigenvalue weighted by Gasteiger charge is 2.26. The van der Waals surface area contributed by atoms with Crippen molar-refractivity contribution in [2.45, 2.75) is 25.2 Å². The van der Waals surface area contributed by atoms with Gasteiger partial charge in [0.25, 0.3) is 0 Å². The summed E-state index contributed by atoms with van der Waals surface area (Å²) in [4.78, 5) is 5.34. The van der Waals surface area contributed by atoms with Crippen LogP contribution in [0.3, 0.4) is 0 Å². The molecule has 2 rings (SSSR count). The van der Waals surface area contributed by atoms with Crippen molar-refractivity contribution in [2.75, 3.05) is 18.4 Å². The highest BCUT2D eigenvalue weighted by molar-refractivity contribution is 5.46. The van der Waals surface area contributed by atoms with E-state index in [9.17, 15) is 13.2 Å². The molecule has 0 atom stereocenters. The van der Waals surface area contributed by atoms with Crippen molar-refractivity contribution < 1.29 is 18.0 Å². The summed E-state index contributed by atoms with van der Waals surface area (Å²) in [6.07, 6.45) is -2.49.